The van der Waals surface area contributed by atoms with Crippen LogP contribution in [0.2, 0.25) is 0 Å². The van der Waals surface area contributed by atoms with E-state index in [2.05, 4.69) is 5.32 Å². The zero-order valence-corrected chi connectivity index (χ0v) is 11.7. The van der Waals surface area contributed by atoms with Gasteiger partial charge in [0, 0.05) is 11.1 Å². The molecule has 2 aromatic rings. The maximum atomic E-state index is 12.0. The molecule has 0 fully saturated rings. The largest absolute Gasteiger partial charge is 0.329 e. The van der Waals surface area contributed by atoms with Gasteiger partial charge in [-0.15, -0.1) is 0 Å². The molecular weight excluding hydrogens is 274 g/mol. The molecule has 4 heteroatoms. The van der Waals surface area contributed by atoms with Gasteiger partial charge in [0.2, 0.25) is 0 Å². The van der Waals surface area contributed by atoms with E-state index in [1.165, 1.54) is 0 Å². The first-order valence-electron chi connectivity index (χ1n) is 6.19. The molecule has 0 aliphatic rings. The van der Waals surface area contributed by atoms with E-state index in [0.29, 0.717) is 11.1 Å². The standard InChI is InChI=1S/C16H14ClNO2/c1-11-7-9-13(10-8-11)16(20)18-15(17)14(19)12-5-3-2-4-6-12/h2-10,15H,1H3,(H,18,20)/t15-/m0/s1. The lowest BCUT2D eigenvalue weighted by atomic mass is 10.1. The number of Topliss-reactive ketones (excluding diaryl/α,β-unsaturated/α-hetero) is 1. The Balaban J connectivity index is 2.04. The van der Waals surface area contributed by atoms with Crippen LogP contribution >= 0.6 is 11.6 Å². The number of halogens is 1. The van der Waals surface area contributed by atoms with Crippen molar-refractivity contribution in [1.82, 2.24) is 5.32 Å². The van der Waals surface area contributed by atoms with E-state index < -0.39 is 5.50 Å². The number of amides is 1. The van der Waals surface area contributed by atoms with E-state index in [1.54, 1.807) is 36.4 Å². The summed E-state index contributed by atoms with van der Waals surface area (Å²) in [4.78, 5) is 24.0. The van der Waals surface area contributed by atoms with Gasteiger partial charge in [0.25, 0.3) is 5.91 Å². The van der Waals surface area contributed by atoms with Crippen molar-refractivity contribution >= 4 is 23.3 Å². The van der Waals surface area contributed by atoms with E-state index >= 15 is 0 Å². The fraction of sp³-hybridized carbons (Fsp3) is 0.125. The molecule has 1 N–H and O–H groups in total. The minimum absolute atomic E-state index is 0.326. The number of aryl methyl sites for hydroxylation is 1. The lowest BCUT2D eigenvalue weighted by Gasteiger charge is -2.11. The van der Waals surface area contributed by atoms with E-state index in [9.17, 15) is 9.59 Å². The SMILES string of the molecule is Cc1ccc(C(=O)N[C@H](Cl)C(=O)c2ccccc2)cc1. The second-order valence-corrected chi connectivity index (χ2v) is 4.87. The topological polar surface area (TPSA) is 46.2 Å². The smallest absolute Gasteiger partial charge is 0.252 e. The van der Waals surface area contributed by atoms with Gasteiger partial charge in [-0.2, -0.15) is 0 Å². The average molecular weight is 288 g/mol. The Labute approximate surface area is 122 Å². The number of hydrogen-bond acceptors (Lipinski definition) is 2. The van der Waals surface area contributed by atoms with Crippen LogP contribution in [0.3, 0.4) is 0 Å². The number of ketones is 1. The summed E-state index contributed by atoms with van der Waals surface area (Å²) in [5.41, 5.74) is 0.925. The van der Waals surface area contributed by atoms with Crippen LogP contribution in [0.25, 0.3) is 0 Å². The van der Waals surface area contributed by atoms with Crippen molar-refractivity contribution in [3.63, 3.8) is 0 Å². The molecule has 0 heterocycles. The quantitative estimate of drug-likeness (QED) is 0.533. The summed E-state index contributed by atoms with van der Waals surface area (Å²) in [7, 11) is 0. The van der Waals surface area contributed by atoms with Gasteiger partial charge in [-0.05, 0) is 19.1 Å². The molecule has 0 saturated heterocycles. The van der Waals surface area contributed by atoms with Gasteiger partial charge in [-0.3, -0.25) is 9.59 Å². The third-order valence-corrected chi connectivity index (χ3v) is 3.17. The highest BCUT2D eigenvalue weighted by molar-refractivity contribution is 6.34. The molecule has 0 bridgehead atoms. The predicted molar refractivity (Wildman–Crippen MR) is 79.1 cm³/mol. The Morgan fingerprint density at radius 3 is 2.15 bits per heavy atom. The van der Waals surface area contributed by atoms with Gasteiger partial charge < -0.3 is 5.32 Å². The van der Waals surface area contributed by atoms with Crippen LogP contribution in [0.4, 0.5) is 0 Å². The number of alkyl halides is 1. The fourth-order valence-corrected chi connectivity index (χ4v) is 1.94. The first-order chi connectivity index (χ1) is 9.58. The normalized spacial score (nSPS) is 11.7. The van der Waals surface area contributed by atoms with Crippen molar-refractivity contribution in [1.29, 1.82) is 0 Å². The Morgan fingerprint density at radius 2 is 1.55 bits per heavy atom. The van der Waals surface area contributed by atoms with Gasteiger partial charge in [0.1, 0.15) is 0 Å². The van der Waals surface area contributed by atoms with Crippen molar-refractivity contribution in [2.75, 3.05) is 0 Å². The molecule has 1 amide bonds. The maximum Gasteiger partial charge on any atom is 0.252 e. The number of benzene rings is 2. The zero-order valence-electron chi connectivity index (χ0n) is 11.0. The summed E-state index contributed by atoms with van der Waals surface area (Å²) < 4.78 is 0. The highest BCUT2D eigenvalue weighted by Gasteiger charge is 2.19. The average Bonchev–Trinajstić information content (AvgIpc) is 2.48. The van der Waals surface area contributed by atoms with Crippen molar-refractivity contribution < 1.29 is 9.59 Å². The van der Waals surface area contributed by atoms with Crippen LogP contribution in [-0.4, -0.2) is 17.2 Å². The molecule has 2 aromatic carbocycles. The van der Waals surface area contributed by atoms with E-state index in [0.717, 1.165) is 5.56 Å². The fourth-order valence-electron chi connectivity index (χ4n) is 1.72. The van der Waals surface area contributed by atoms with Crippen LogP contribution in [0.15, 0.2) is 54.6 Å². The van der Waals surface area contributed by atoms with Crippen molar-refractivity contribution in [2.24, 2.45) is 0 Å². The van der Waals surface area contributed by atoms with E-state index in [-0.39, 0.29) is 11.7 Å². The number of hydrogen-bond donors (Lipinski definition) is 1. The lowest BCUT2D eigenvalue weighted by molar-refractivity contribution is 0.0889. The molecule has 0 aromatic heterocycles. The molecular formula is C16H14ClNO2. The zero-order chi connectivity index (χ0) is 14.5. The molecule has 0 aliphatic carbocycles. The van der Waals surface area contributed by atoms with Crippen molar-refractivity contribution in [2.45, 2.75) is 12.4 Å². The third-order valence-electron chi connectivity index (χ3n) is 2.86. The van der Waals surface area contributed by atoms with Crippen LogP contribution in [0.1, 0.15) is 26.3 Å². The van der Waals surface area contributed by atoms with Crippen LogP contribution in [0.5, 0.6) is 0 Å². The van der Waals surface area contributed by atoms with E-state index in [4.69, 9.17) is 11.6 Å². The molecule has 2 rings (SSSR count). The van der Waals surface area contributed by atoms with Crippen LogP contribution < -0.4 is 5.32 Å². The Kier molecular flexibility index (Phi) is 4.53. The molecule has 0 radical (unpaired) electrons. The molecule has 0 saturated carbocycles. The second-order valence-electron chi connectivity index (χ2n) is 4.43. The second kappa shape index (κ2) is 6.35. The maximum absolute atomic E-state index is 12.0. The highest BCUT2D eigenvalue weighted by Crippen LogP contribution is 2.08. The molecule has 20 heavy (non-hydrogen) atoms. The minimum atomic E-state index is -1.08. The van der Waals surface area contributed by atoms with Gasteiger partial charge in [0.05, 0.1) is 0 Å². The lowest BCUT2D eigenvalue weighted by Crippen LogP contribution is -2.36. The molecule has 3 nitrogen and oxygen atoms in total. The summed E-state index contributed by atoms with van der Waals surface area (Å²) in [5, 5.41) is 2.49. The summed E-state index contributed by atoms with van der Waals surface area (Å²) >= 11 is 5.96. The number of nitrogens with one attached hydrogen (secondary N) is 1. The summed E-state index contributed by atoms with van der Waals surface area (Å²) in [6, 6.07) is 15.7. The van der Waals surface area contributed by atoms with Crippen molar-refractivity contribution in [3.05, 3.63) is 71.3 Å². The van der Waals surface area contributed by atoms with Crippen LogP contribution in [0, 0.1) is 6.92 Å². The summed E-state index contributed by atoms with van der Waals surface area (Å²) in [6.45, 7) is 1.94. The Bertz CT molecular complexity index is 608. The number of carbonyl (C=O) groups is 2. The van der Waals surface area contributed by atoms with Gasteiger partial charge in [-0.25, -0.2) is 0 Å². The summed E-state index contributed by atoms with van der Waals surface area (Å²) in [5.74, 6) is -0.693. The first kappa shape index (κ1) is 14.3. The highest BCUT2D eigenvalue weighted by atomic mass is 35.5. The summed E-state index contributed by atoms with van der Waals surface area (Å²) in [6.07, 6.45) is 0. The molecule has 102 valence electrons. The molecule has 0 spiro atoms. The Hall–Kier alpha value is -2.13. The molecule has 1 atom stereocenters. The predicted octanol–water partition coefficient (Wildman–Crippen LogP) is 3.17. The number of rotatable bonds is 4. The first-order valence-corrected chi connectivity index (χ1v) is 6.62. The van der Waals surface area contributed by atoms with Gasteiger partial charge in [-0.1, -0.05) is 59.6 Å². The third kappa shape index (κ3) is 3.45. The van der Waals surface area contributed by atoms with Gasteiger partial charge >= 0.3 is 0 Å². The Morgan fingerprint density at radius 1 is 0.950 bits per heavy atom. The van der Waals surface area contributed by atoms with Gasteiger partial charge in [0.15, 0.2) is 11.3 Å². The monoisotopic (exact) mass is 287 g/mol. The molecule has 0 aliphatic heterocycles. The molecule has 0 unspecified atom stereocenters. The van der Waals surface area contributed by atoms with E-state index in [1.807, 2.05) is 25.1 Å². The number of carbonyl (C=O) groups excluding carboxylic acids is 2. The minimum Gasteiger partial charge on any atom is -0.329 e. The van der Waals surface area contributed by atoms with Crippen molar-refractivity contribution in [3.8, 4) is 0 Å². The van der Waals surface area contributed by atoms with Crippen LogP contribution in [-0.2, 0) is 0 Å².